The van der Waals surface area contributed by atoms with Crippen molar-refractivity contribution in [1.29, 1.82) is 0 Å². The van der Waals surface area contributed by atoms with E-state index in [1.807, 2.05) is 38.1 Å². The van der Waals surface area contributed by atoms with Crippen LogP contribution in [0.5, 0.6) is 11.5 Å². The second-order valence-corrected chi connectivity index (χ2v) is 5.47. The summed E-state index contributed by atoms with van der Waals surface area (Å²) in [4.78, 5) is 12.4. The first-order chi connectivity index (χ1) is 11.0. The summed E-state index contributed by atoms with van der Waals surface area (Å²) in [6.07, 6.45) is 0. The molecule has 3 rings (SSSR count). The average molecular weight is 310 g/mol. The van der Waals surface area contributed by atoms with Crippen molar-refractivity contribution in [3.63, 3.8) is 0 Å². The van der Waals surface area contributed by atoms with E-state index in [-0.39, 0.29) is 5.43 Å². The molecule has 0 atom stereocenters. The molecule has 3 aromatic rings. The highest BCUT2D eigenvalue weighted by Crippen LogP contribution is 2.34. The van der Waals surface area contributed by atoms with Crippen LogP contribution in [0.15, 0.2) is 45.6 Å². The van der Waals surface area contributed by atoms with Gasteiger partial charge >= 0.3 is 0 Å². The molecular weight excluding hydrogens is 292 g/mol. The topological polar surface area (TPSA) is 48.7 Å². The van der Waals surface area contributed by atoms with Crippen molar-refractivity contribution >= 4 is 11.0 Å². The molecule has 1 heterocycles. The number of hydrogen-bond donors (Lipinski definition) is 0. The maximum Gasteiger partial charge on any atom is 0.193 e. The quantitative estimate of drug-likeness (QED) is 0.731. The molecule has 0 saturated heterocycles. The summed E-state index contributed by atoms with van der Waals surface area (Å²) in [6.45, 7) is 3.98. The van der Waals surface area contributed by atoms with Gasteiger partial charge in [-0.25, -0.2) is 0 Å². The number of ether oxygens (including phenoxy) is 2. The monoisotopic (exact) mass is 310 g/mol. The number of hydrogen-bond acceptors (Lipinski definition) is 4. The number of rotatable bonds is 3. The molecule has 0 unspecified atom stereocenters. The van der Waals surface area contributed by atoms with Gasteiger partial charge in [0.15, 0.2) is 5.43 Å². The zero-order chi connectivity index (χ0) is 16.6. The molecule has 0 amide bonds. The van der Waals surface area contributed by atoms with Gasteiger partial charge < -0.3 is 13.9 Å². The van der Waals surface area contributed by atoms with Crippen LogP contribution < -0.4 is 14.9 Å². The molecule has 4 heteroatoms. The number of aryl methyl sites for hydroxylation is 2. The maximum absolute atomic E-state index is 12.4. The van der Waals surface area contributed by atoms with Crippen LogP contribution in [0.1, 0.15) is 11.1 Å². The average Bonchev–Trinajstić information content (AvgIpc) is 2.56. The molecule has 4 nitrogen and oxygen atoms in total. The van der Waals surface area contributed by atoms with E-state index in [1.165, 1.54) is 6.07 Å². The third-order valence-electron chi connectivity index (χ3n) is 4.02. The molecule has 2 aromatic carbocycles. The van der Waals surface area contributed by atoms with Crippen LogP contribution in [0.2, 0.25) is 0 Å². The van der Waals surface area contributed by atoms with Crippen LogP contribution in [0.4, 0.5) is 0 Å². The SMILES string of the molecule is COc1ccc(-c2cc(=O)c3cc(C)c(C)cc3o2)c(OC)c1. The first-order valence-electron chi connectivity index (χ1n) is 7.31. The van der Waals surface area contributed by atoms with Crippen molar-refractivity contribution in [1.82, 2.24) is 0 Å². The third kappa shape index (κ3) is 2.68. The summed E-state index contributed by atoms with van der Waals surface area (Å²) < 4.78 is 16.6. The van der Waals surface area contributed by atoms with Gasteiger partial charge in [-0.1, -0.05) is 0 Å². The summed E-state index contributed by atoms with van der Waals surface area (Å²) in [5.41, 5.74) is 3.38. The zero-order valence-corrected chi connectivity index (χ0v) is 13.6. The van der Waals surface area contributed by atoms with Crippen LogP contribution in [0.25, 0.3) is 22.3 Å². The van der Waals surface area contributed by atoms with E-state index in [9.17, 15) is 4.79 Å². The lowest BCUT2D eigenvalue weighted by Crippen LogP contribution is -2.02. The lowest BCUT2D eigenvalue weighted by Gasteiger charge is -2.11. The zero-order valence-electron chi connectivity index (χ0n) is 13.6. The van der Waals surface area contributed by atoms with Crippen LogP contribution in [0.3, 0.4) is 0 Å². The fourth-order valence-electron chi connectivity index (χ4n) is 2.55. The van der Waals surface area contributed by atoms with Gasteiger partial charge in [0.2, 0.25) is 0 Å². The van der Waals surface area contributed by atoms with Gasteiger partial charge in [-0.15, -0.1) is 0 Å². The van der Waals surface area contributed by atoms with E-state index in [4.69, 9.17) is 13.9 Å². The number of methoxy groups -OCH3 is 2. The Morgan fingerprint density at radius 2 is 1.65 bits per heavy atom. The van der Waals surface area contributed by atoms with Gasteiger partial charge in [0.05, 0.1) is 25.2 Å². The van der Waals surface area contributed by atoms with Gasteiger partial charge in [0, 0.05) is 12.1 Å². The minimum atomic E-state index is -0.0674. The second kappa shape index (κ2) is 5.80. The first-order valence-corrected chi connectivity index (χ1v) is 7.31. The molecular formula is C19H18O4. The molecule has 1 aromatic heterocycles. The smallest absolute Gasteiger partial charge is 0.193 e. The fourth-order valence-corrected chi connectivity index (χ4v) is 2.55. The van der Waals surface area contributed by atoms with E-state index in [1.54, 1.807) is 20.3 Å². The molecule has 0 aliphatic rings. The lowest BCUT2D eigenvalue weighted by atomic mass is 10.1. The summed E-state index contributed by atoms with van der Waals surface area (Å²) in [7, 11) is 3.17. The van der Waals surface area contributed by atoms with Crippen LogP contribution in [-0.4, -0.2) is 14.2 Å². The molecule has 0 spiro atoms. The minimum Gasteiger partial charge on any atom is -0.497 e. The molecule has 0 radical (unpaired) electrons. The minimum absolute atomic E-state index is 0.0674. The van der Waals surface area contributed by atoms with Crippen molar-refractivity contribution in [2.75, 3.05) is 14.2 Å². The fraction of sp³-hybridized carbons (Fsp3) is 0.211. The van der Waals surface area contributed by atoms with E-state index >= 15 is 0 Å². The predicted octanol–water partition coefficient (Wildman–Crippen LogP) is 4.09. The highest BCUT2D eigenvalue weighted by Gasteiger charge is 2.13. The molecule has 0 aliphatic carbocycles. The van der Waals surface area contributed by atoms with Crippen molar-refractivity contribution in [3.8, 4) is 22.8 Å². The molecule has 0 aliphatic heterocycles. The standard InChI is InChI=1S/C19H18O4/c1-11-7-15-16(20)10-19(23-18(15)8-12(11)2)14-6-5-13(21-3)9-17(14)22-4/h5-10H,1-4H3. The largest absolute Gasteiger partial charge is 0.497 e. The Balaban J connectivity index is 2.25. The Kier molecular flexibility index (Phi) is 3.82. The van der Waals surface area contributed by atoms with Crippen molar-refractivity contribution < 1.29 is 13.9 Å². The molecule has 118 valence electrons. The van der Waals surface area contributed by atoms with Crippen molar-refractivity contribution in [2.24, 2.45) is 0 Å². The lowest BCUT2D eigenvalue weighted by molar-refractivity contribution is 0.394. The van der Waals surface area contributed by atoms with Gasteiger partial charge in [-0.05, 0) is 49.2 Å². The van der Waals surface area contributed by atoms with Gasteiger partial charge in [0.1, 0.15) is 22.8 Å². The highest BCUT2D eigenvalue weighted by atomic mass is 16.5. The summed E-state index contributed by atoms with van der Waals surface area (Å²) in [5, 5.41) is 0.587. The van der Waals surface area contributed by atoms with Crippen molar-refractivity contribution in [2.45, 2.75) is 13.8 Å². The van der Waals surface area contributed by atoms with E-state index in [0.717, 1.165) is 11.1 Å². The van der Waals surface area contributed by atoms with E-state index in [2.05, 4.69) is 0 Å². The highest BCUT2D eigenvalue weighted by molar-refractivity contribution is 5.81. The summed E-state index contributed by atoms with van der Waals surface area (Å²) >= 11 is 0. The van der Waals surface area contributed by atoms with Crippen LogP contribution in [-0.2, 0) is 0 Å². The van der Waals surface area contributed by atoms with E-state index < -0.39 is 0 Å². The Morgan fingerprint density at radius 1 is 0.913 bits per heavy atom. The van der Waals surface area contributed by atoms with Crippen molar-refractivity contribution in [3.05, 3.63) is 57.7 Å². The second-order valence-electron chi connectivity index (χ2n) is 5.47. The van der Waals surface area contributed by atoms with Gasteiger partial charge in [-0.3, -0.25) is 4.79 Å². The molecule has 23 heavy (non-hydrogen) atoms. The van der Waals surface area contributed by atoms with Gasteiger partial charge in [-0.2, -0.15) is 0 Å². The number of benzene rings is 2. The van der Waals surface area contributed by atoms with E-state index in [0.29, 0.717) is 33.8 Å². The van der Waals surface area contributed by atoms with Crippen LogP contribution >= 0.6 is 0 Å². The Labute approximate surface area is 134 Å². The van der Waals surface area contributed by atoms with Crippen LogP contribution in [0, 0.1) is 13.8 Å². The molecule has 0 fully saturated rings. The molecule has 0 saturated carbocycles. The number of fused-ring (bicyclic) bond motifs is 1. The Hall–Kier alpha value is -2.75. The first kappa shape index (κ1) is 15.2. The Morgan fingerprint density at radius 3 is 2.35 bits per heavy atom. The normalized spacial score (nSPS) is 10.8. The predicted molar refractivity (Wildman–Crippen MR) is 90.5 cm³/mol. The summed E-state index contributed by atoms with van der Waals surface area (Å²) in [6, 6.07) is 10.7. The van der Waals surface area contributed by atoms with Gasteiger partial charge in [0.25, 0.3) is 0 Å². The summed E-state index contributed by atoms with van der Waals surface area (Å²) in [5.74, 6) is 1.75. The Bertz CT molecular complexity index is 938. The molecule has 0 bridgehead atoms. The third-order valence-corrected chi connectivity index (χ3v) is 4.02. The maximum atomic E-state index is 12.4. The molecule has 0 N–H and O–H groups in total.